The van der Waals surface area contributed by atoms with Crippen molar-refractivity contribution in [2.75, 3.05) is 6.61 Å². The van der Waals surface area contributed by atoms with E-state index in [-0.39, 0.29) is 17.0 Å². The number of nitrogens with zero attached hydrogens (tertiary/aromatic N) is 2. The minimum absolute atomic E-state index is 0.235. The Morgan fingerprint density at radius 2 is 2.22 bits per heavy atom. The Hall–Kier alpha value is -1.41. The highest BCUT2D eigenvalue weighted by Crippen LogP contribution is 2.30. The normalized spacial score (nSPS) is 21.7. The molecule has 2 atom stereocenters. The number of sulfonamides is 1. The van der Waals surface area contributed by atoms with E-state index in [1.54, 1.807) is 29.9 Å². The summed E-state index contributed by atoms with van der Waals surface area (Å²) >= 11 is 5.90. The largest absolute Gasteiger partial charge is 0.372 e. The Bertz CT molecular complexity index is 819. The predicted octanol–water partition coefficient (Wildman–Crippen LogP) is 2.19. The molecule has 1 aromatic heterocycles. The van der Waals surface area contributed by atoms with Crippen LogP contribution in [0.3, 0.4) is 0 Å². The summed E-state index contributed by atoms with van der Waals surface area (Å²) in [7, 11) is -1.83. The number of hydrogen-bond donors (Lipinski definition) is 1. The summed E-state index contributed by atoms with van der Waals surface area (Å²) < 4.78 is 35.5. The highest BCUT2D eigenvalue weighted by atomic mass is 35.5. The standard InChI is InChI=1S/C15H18ClN3O3S/c1-10-7-12(16)3-4-14(10)23(20,21)18-13-5-6-22-15(13)11-8-17-19(2)9-11/h3-4,7-9,13,15,18H,5-6H2,1-2H3/t13-,15+/m0/s1. The molecule has 124 valence electrons. The summed E-state index contributed by atoms with van der Waals surface area (Å²) in [5, 5.41) is 4.63. The molecular weight excluding hydrogens is 338 g/mol. The molecule has 0 bridgehead atoms. The van der Waals surface area contributed by atoms with E-state index in [1.165, 1.54) is 6.07 Å². The van der Waals surface area contributed by atoms with Gasteiger partial charge in [-0.3, -0.25) is 4.68 Å². The van der Waals surface area contributed by atoms with E-state index in [0.29, 0.717) is 23.6 Å². The minimum Gasteiger partial charge on any atom is -0.372 e. The summed E-state index contributed by atoms with van der Waals surface area (Å²) in [4.78, 5) is 0.235. The molecule has 1 fully saturated rings. The number of benzene rings is 1. The zero-order valence-corrected chi connectivity index (χ0v) is 14.4. The molecule has 2 heterocycles. The summed E-state index contributed by atoms with van der Waals surface area (Å²) in [6.45, 7) is 2.23. The van der Waals surface area contributed by atoms with Gasteiger partial charge in [0.05, 0.1) is 17.1 Å². The molecule has 1 saturated heterocycles. The van der Waals surface area contributed by atoms with Crippen molar-refractivity contribution in [3.8, 4) is 0 Å². The molecule has 0 amide bonds. The van der Waals surface area contributed by atoms with Crippen LogP contribution < -0.4 is 4.72 Å². The average molecular weight is 356 g/mol. The van der Waals surface area contributed by atoms with Crippen molar-refractivity contribution in [1.82, 2.24) is 14.5 Å². The average Bonchev–Trinajstić information content (AvgIpc) is 3.06. The number of halogens is 1. The van der Waals surface area contributed by atoms with E-state index in [0.717, 1.165) is 5.56 Å². The van der Waals surface area contributed by atoms with Crippen LogP contribution in [0, 0.1) is 6.92 Å². The third kappa shape index (κ3) is 3.42. The van der Waals surface area contributed by atoms with Crippen LogP contribution in [0.4, 0.5) is 0 Å². The lowest BCUT2D eigenvalue weighted by atomic mass is 10.1. The molecule has 0 unspecified atom stereocenters. The molecule has 0 radical (unpaired) electrons. The second-order valence-electron chi connectivity index (χ2n) is 5.67. The third-order valence-corrected chi connectivity index (χ3v) is 5.76. The van der Waals surface area contributed by atoms with Crippen LogP contribution in [0.2, 0.25) is 5.02 Å². The molecule has 1 aliphatic rings. The fourth-order valence-electron chi connectivity index (χ4n) is 2.80. The number of ether oxygens (including phenoxy) is 1. The molecule has 1 N–H and O–H groups in total. The van der Waals surface area contributed by atoms with E-state index < -0.39 is 10.0 Å². The van der Waals surface area contributed by atoms with Gasteiger partial charge in [0.2, 0.25) is 10.0 Å². The van der Waals surface area contributed by atoms with E-state index in [4.69, 9.17) is 16.3 Å². The number of nitrogens with one attached hydrogen (secondary N) is 1. The SMILES string of the molecule is Cc1cc(Cl)ccc1S(=O)(=O)N[C@H]1CCO[C@@H]1c1cnn(C)c1. The van der Waals surface area contributed by atoms with Gasteiger partial charge in [0, 0.05) is 30.4 Å². The van der Waals surface area contributed by atoms with Gasteiger partial charge in [-0.05, 0) is 37.1 Å². The van der Waals surface area contributed by atoms with Gasteiger partial charge in [-0.2, -0.15) is 5.10 Å². The molecule has 3 rings (SSSR count). The zero-order valence-electron chi connectivity index (χ0n) is 12.9. The van der Waals surface area contributed by atoms with Crippen LogP contribution >= 0.6 is 11.6 Å². The maximum atomic E-state index is 12.7. The molecule has 0 spiro atoms. The Labute approximate surface area is 140 Å². The summed E-state index contributed by atoms with van der Waals surface area (Å²) in [5.41, 5.74) is 1.48. The first kappa shape index (κ1) is 16.4. The molecule has 8 heteroatoms. The van der Waals surface area contributed by atoms with Crippen LogP contribution in [-0.4, -0.2) is 30.8 Å². The lowest BCUT2D eigenvalue weighted by Gasteiger charge is -2.19. The minimum atomic E-state index is -3.64. The number of aromatic nitrogens is 2. The van der Waals surface area contributed by atoms with Crippen molar-refractivity contribution < 1.29 is 13.2 Å². The van der Waals surface area contributed by atoms with Crippen molar-refractivity contribution in [2.24, 2.45) is 7.05 Å². The van der Waals surface area contributed by atoms with Gasteiger partial charge in [0.25, 0.3) is 0 Å². The summed E-state index contributed by atoms with van der Waals surface area (Å²) in [6, 6.07) is 4.42. The quantitative estimate of drug-likeness (QED) is 0.912. The topological polar surface area (TPSA) is 73.2 Å². The maximum Gasteiger partial charge on any atom is 0.241 e. The van der Waals surface area contributed by atoms with Crippen LogP contribution in [0.1, 0.15) is 23.7 Å². The summed E-state index contributed by atoms with van der Waals surface area (Å²) in [5.74, 6) is 0. The molecular formula is C15H18ClN3O3S. The van der Waals surface area contributed by atoms with Crippen LogP contribution in [0.15, 0.2) is 35.5 Å². The zero-order chi connectivity index (χ0) is 16.6. The second-order valence-corrected chi connectivity index (χ2v) is 7.78. The monoisotopic (exact) mass is 355 g/mol. The highest BCUT2D eigenvalue weighted by molar-refractivity contribution is 7.89. The third-order valence-electron chi connectivity index (χ3n) is 3.88. The molecule has 2 aromatic rings. The van der Waals surface area contributed by atoms with Gasteiger partial charge in [0.15, 0.2) is 0 Å². The predicted molar refractivity (Wildman–Crippen MR) is 86.8 cm³/mol. The molecule has 1 aliphatic heterocycles. The van der Waals surface area contributed by atoms with Gasteiger partial charge in [-0.1, -0.05) is 11.6 Å². The van der Waals surface area contributed by atoms with E-state index in [2.05, 4.69) is 9.82 Å². The van der Waals surface area contributed by atoms with E-state index in [1.807, 2.05) is 13.2 Å². The molecule has 0 saturated carbocycles. The van der Waals surface area contributed by atoms with Gasteiger partial charge in [0.1, 0.15) is 6.10 Å². The molecule has 0 aliphatic carbocycles. The van der Waals surface area contributed by atoms with Gasteiger partial charge in [-0.25, -0.2) is 13.1 Å². The smallest absolute Gasteiger partial charge is 0.241 e. The summed E-state index contributed by atoms with van der Waals surface area (Å²) in [6.07, 6.45) is 3.83. The highest BCUT2D eigenvalue weighted by Gasteiger charge is 2.34. The Kier molecular flexibility index (Phi) is 4.46. The fourth-order valence-corrected chi connectivity index (χ4v) is 4.53. The van der Waals surface area contributed by atoms with Crippen molar-refractivity contribution in [1.29, 1.82) is 0 Å². The van der Waals surface area contributed by atoms with Crippen molar-refractivity contribution in [2.45, 2.75) is 30.4 Å². The first-order valence-electron chi connectivity index (χ1n) is 7.25. The Morgan fingerprint density at radius 3 is 2.87 bits per heavy atom. The lowest BCUT2D eigenvalue weighted by molar-refractivity contribution is 0.102. The van der Waals surface area contributed by atoms with Gasteiger partial charge < -0.3 is 4.74 Å². The molecule has 1 aromatic carbocycles. The first-order chi connectivity index (χ1) is 10.9. The Morgan fingerprint density at radius 1 is 1.43 bits per heavy atom. The maximum absolute atomic E-state index is 12.7. The van der Waals surface area contributed by atoms with E-state index in [9.17, 15) is 8.42 Å². The van der Waals surface area contributed by atoms with Crippen LogP contribution in [0.25, 0.3) is 0 Å². The van der Waals surface area contributed by atoms with Crippen LogP contribution in [0.5, 0.6) is 0 Å². The molecule has 23 heavy (non-hydrogen) atoms. The number of hydrogen-bond acceptors (Lipinski definition) is 4. The fraction of sp³-hybridized carbons (Fsp3) is 0.400. The van der Waals surface area contributed by atoms with Gasteiger partial charge in [-0.15, -0.1) is 0 Å². The van der Waals surface area contributed by atoms with Gasteiger partial charge >= 0.3 is 0 Å². The number of aryl methyl sites for hydroxylation is 2. The van der Waals surface area contributed by atoms with E-state index >= 15 is 0 Å². The van der Waals surface area contributed by atoms with Crippen molar-refractivity contribution >= 4 is 21.6 Å². The Balaban J connectivity index is 1.84. The number of rotatable bonds is 4. The van der Waals surface area contributed by atoms with Crippen molar-refractivity contribution in [3.63, 3.8) is 0 Å². The van der Waals surface area contributed by atoms with Crippen LogP contribution in [-0.2, 0) is 21.8 Å². The van der Waals surface area contributed by atoms with Crippen molar-refractivity contribution in [3.05, 3.63) is 46.7 Å². The molecule has 6 nitrogen and oxygen atoms in total. The lowest BCUT2D eigenvalue weighted by Crippen LogP contribution is -2.37. The first-order valence-corrected chi connectivity index (χ1v) is 9.11. The second kappa shape index (κ2) is 6.24.